The van der Waals surface area contributed by atoms with E-state index in [-0.39, 0.29) is 0 Å². The Bertz CT molecular complexity index is 818. The quantitative estimate of drug-likeness (QED) is 0.816. The van der Waals surface area contributed by atoms with Gasteiger partial charge in [0.15, 0.2) is 0 Å². The van der Waals surface area contributed by atoms with Crippen molar-refractivity contribution in [3.05, 3.63) is 46.2 Å². The second-order valence-electron chi connectivity index (χ2n) is 5.94. The summed E-state index contributed by atoms with van der Waals surface area (Å²) in [6, 6.07) is 9.45. The van der Waals surface area contributed by atoms with E-state index in [1.54, 1.807) is 33.8 Å². The molecule has 1 unspecified atom stereocenters. The van der Waals surface area contributed by atoms with E-state index in [1.165, 1.54) is 4.88 Å². The number of rotatable bonds is 3. The molecule has 1 fully saturated rings. The van der Waals surface area contributed by atoms with E-state index in [4.69, 9.17) is 4.74 Å². The van der Waals surface area contributed by atoms with Gasteiger partial charge in [0.2, 0.25) is 10.0 Å². The lowest BCUT2D eigenvalue weighted by molar-refractivity contribution is 0.356. The van der Waals surface area contributed by atoms with Crippen molar-refractivity contribution in [1.82, 2.24) is 4.31 Å². The van der Waals surface area contributed by atoms with E-state index >= 15 is 0 Å². The van der Waals surface area contributed by atoms with Gasteiger partial charge in [-0.1, -0.05) is 6.07 Å². The molecule has 0 bridgehead atoms. The molecule has 2 aromatic rings. The van der Waals surface area contributed by atoms with Gasteiger partial charge in [0.05, 0.1) is 11.5 Å². The molecule has 128 valence electrons. The van der Waals surface area contributed by atoms with Crippen LogP contribution in [0.3, 0.4) is 0 Å². The molecular formula is C17H19NO3S3. The van der Waals surface area contributed by atoms with Crippen LogP contribution in [0.5, 0.6) is 5.75 Å². The van der Waals surface area contributed by atoms with Crippen LogP contribution in [0.1, 0.15) is 22.1 Å². The Morgan fingerprint density at radius 3 is 2.96 bits per heavy atom. The van der Waals surface area contributed by atoms with Crippen molar-refractivity contribution in [3.63, 3.8) is 0 Å². The topological polar surface area (TPSA) is 46.6 Å². The molecule has 2 aliphatic heterocycles. The first-order valence-electron chi connectivity index (χ1n) is 8.05. The van der Waals surface area contributed by atoms with E-state index in [1.807, 2.05) is 11.8 Å². The lowest BCUT2D eigenvalue weighted by Gasteiger charge is -2.20. The highest BCUT2D eigenvalue weighted by Gasteiger charge is 2.29. The van der Waals surface area contributed by atoms with E-state index in [0.29, 0.717) is 29.8 Å². The zero-order chi connectivity index (χ0) is 16.6. The van der Waals surface area contributed by atoms with Gasteiger partial charge in [-0.05, 0) is 41.6 Å². The fourth-order valence-electron chi connectivity index (χ4n) is 3.16. The van der Waals surface area contributed by atoms with Gasteiger partial charge >= 0.3 is 0 Å². The van der Waals surface area contributed by atoms with Crippen LogP contribution in [0.4, 0.5) is 0 Å². The Hall–Kier alpha value is -1.02. The first kappa shape index (κ1) is 16.4. The van der Waals surface area contributed by atoms with Gasteiger partial charge in [0.25, 0.3) is 0 Å². The molecule has 7 heteroatoms. The van der Waals surface area contributed by atoms with Crippen LogP contribution in [0.15, 0.2) is 40.6 Å². The molecule has 4 rings (SSSR count). The van der Waals surface area contributed by atoms with Gasteiger partial charge in [-0.2, -0.15) is 16.1 Å². The van der Waals surface area contributed by atoms with Crippen molar-refractivity contribution in [3.8, 4) is 5.75 Å². The maximum atomic E-state index is 13.0. The Morgan fingerprint density at radius 1 is 1.21 bits per heavy atom. The molecule has 4 nitrogen and oxygen atoms in total. The first-order valence-corrected chi connectivity index (χ1v) is 11.4. The number of fused-ring (bicyclic) bond motifs is 1. The molecule has 0 N–H and O–H groups in total. The number of ether oxygens (including phenoxy) is 1. The van der Waals surface area contributed by atoms with Crippen molar-refractivity contribution < 1.29 is 13.2 Å². The van der Waals surface area contributed by atoms with Crippen LogP contribution in [0, 0.1) is 0 Å². The molecule has 24 heavy (non-hydrogen) atoms. The lowest BCUT2D eigenvalue weighted by atomic mass is 10.2. The zero-order valence-corrected chi connectivity index (χ0v) is 15.6. The smallest absolute Gasteiger partial charge is 0.243 e. The van der Waals surface area contributed by atoms with Gasteiger partial charge in [0, 0.05) is 35.4 Å². The highest BCUT2D eigenvalue weighted by Crippen LogP contribution is 2.38. The van der Waals surface area contributed by atoms with Crippen molar-refractivity contribution in [2.24, 2.45) is 0 Å². The SMILES string of the molecule is O=S(=O)(c1ccc2c(c1)CCO2)N1CCSC(c2cccs2)CC1. The van der Waals surface area contributed by atoms with E-state index in [0.717, 1.165) is 29.9 Å². The third-order valence-electron chi connectivity index (χ3n) is 4.46. The van der Waals surface area contributed by atoms with E-state index in [9.17, 15) is 8.42 Å². The minimum absolute atomic E-state index is 0.395. The van der Waals surface area contributed by atoms with Crippen LogP contribution in [0.25, 0.3) is 0 Å². The maximum absolute atomic E-state index is 13.0. The Labute approximate surface area is 150 Å². The minimum atomic E-state index is -3.43. The van der Waals surface area contributed by atoms with Crippen LogP contribution >= 0.6 is 23.1 Å². The monoisotopic (exact) mass is 381 g/mol. The number of hydrogen-bond donors (Lipinski definition) is 0. The van der Waals surface area contributed by atoms with E-state index < -0.39 is 10.0 Å². The number of benzene rings is 1. The molecule has 1 aromatic heterocycles. The predicted molar refractivity (Wildman–Crippen MR) is 98.5 cm³/mol. The summed E-state index contributed by atoms with van der Waals surface area (Å²) >= 11 is 3.62. The fourth-order valence-corrected chi connectivity index (χ4v) is 7.02. The molecule has 1 saturated heterocycles. The van der Waals surface area contributed by atoms with Crippen LogP contribution in [-0.2, 0) is 16.4 Å². The van der Waals surface area contributed by atoms with Crippen LogP contribution < -0.4 is 4.74 Å². The minimum Gasteiger partial charge on any atom is -0.493 e. The van der Waals surface area contributed by atoms with Crippen LogP contribution in [-0.4, -0.2) is 38.2 Å². The summed E-state index contributed by atoms with van der Waals surface area (Å²) in [5, 5.41) is 2.49. The molecule has 0 aliphatic carbocycles. The Kier molecular flexibility index (Phi) is 4.60. The third kappa shape index (κ3) is 3.10. The Balaban J connectivity index is 1.54. The largest absolute Gasteiger partial charge is 0.493 e. The average molecular weight is 382 g/mol. The second kappa shape index (κ2) is 6.71. The van der Waals surface area contributed by atoms with Crippen LogP contribution in [0.2, 0.25) is 0 Å². The molecule has 0 amide bonds. The summed E-state index contributed by atoms with van der Waals surface area (Å²) in [6.45, 7) is 1.79. The molecule has 1 aromatic carbocycles. The summed E-state index contributed by atoms with van der Waals surface area (Å²) in [4.78, 5) is 1.74. The summed E-state index contributed by atoms with van der Waals surface area (Å²) in [5.74, 6) is 1.65. The van der Waals surface area contributed by atoms with Gasteiger partial charge < -0.3 is 4.74 Å². The third-order valence-corrected chi connectivity index (χ3v) is 8.80. The molecule has 0 saturated carbocycles. The number of thiophene rings is 1. The standard InChI is InChI=1S/C17H19NO3S3/c19-24(20,14-3-4-15-13(12-14)6-9-21-15)18-7-5-17(23-11-8-18)16-2-1-10-22-16/h1-4,10,12,17H,5-9,11H2. The molecule has 2 aliphatic rings. The summed E-state index contributed by atoms with van der Waals surface area (Å²) < 4.78 is 33.1. The summed E-state index contributed by atoms with van der Waals surface area (Å²) in [5.41, 5.74) is 0.997. The first-order chi connectivity index (χ1) is 11.6. The normalized spacial score (nSPS) is 21.9. The number of nitrogens with zero attached hydrogens (tertiary/aromatic N) is 1. The molecule has 0 radical (unpaired) electrons. The summed E-state index contributed by atoms with van der Waals surface area (Å²) in [7, 11) is -3.43. The van der Waals surface area contributed by atoms with Gasteiger partial charge in [-0.25, -0.2) is 8.42 Å². The van der Waals surface area contributed by atoms with Crippen molar-refractivity contribution in [1.29, 1.82) is 0 Å². The van der Waals surface area contributed by atoms with Crippen molar-refractivity contribution >= 4 is 33.1 Å². The Morgan fingerprint density at radius 2 is 2.12 bits per heavy atom. The number of hydrogen-bond acceptors (Lipinski definition) is 5. The number of thioether (sulfide) groups is 1. The molecule has 3 heterocycles. The second-order valence-corrected chi connectivity index (χ2v) is 10.2. The summed E-state index contributed by atoms with van der Waals surface area (Å²) in [6.07, 6.45) is 1.65. The molecule has 1 atom stereocenters. The average Bonchev–Trinajstić information content (AvgIpc) is 3.21. The van der Waals surface area contributed by atoms with Crippen molar-refractivity contribution in [2.45, 2.75) is 23.0 Å². The molecular weight excluding hydrogens is 362 g/mol. The highest BCUT2D eigenvalue weighted by atomic mass is 32.2. The molecule has 0 spiro atoms. The zero-order valence-electron chi connectivity index (χ0n) is 13.2. The fraction of sp³-hybridized carbons (Fsp3) is 0.412. The van der Waals surface area contributed by atoms with Crippen molar-refractivity contribution in [2.75, 3.05) is 25.4 Å². The number of sulfonamides is 1. The highest BCUT2D eigenvalue weighted by molar-refractivity contribution is 7.99. The van der Waals surface area contributed by atoms with Gasteiger partial charge in [0.1, 0.15) is 5.75 Å². The van der Waals surface area contributed by atoms with Gasteiger partial charge in [-0.3, -0.25) is 0 Å². The van der Waals surface area contributed by atoms with E-state index in [2.05, 4.69) is 17.5 Å². The maximum Gasteiger partial charge on any atom is 0.243 e. The predicted octanol–water partition coefficient (Wildman–Crippen LogP) is 3.55. The lowest BCUT2D eigenvalue weighted by Crippen LogP contribution is -2.33. The van der Waals surface area contributed by atoms with Gasteiger partial charge in [-0.15, -0.1) is 11.3 Å².